The van der Waals surface area contributed by atoms with Crippen molar-refractivity contribution < 1.29 is 20.4 Å². The molecule has 0 radical (unpaired) electrons. The fourth-order valence-corrected chi connectivity index (χ4v) is 0.393. The maximum Gasteiger partial charge on any atom is 0 e. The second kappa shape index (κ2) is 10.7. The van der Waals surface area contributed by atoms with Crippen LogP contribution in [0.15, 0.2) is 37.0 Å². The van der Waals surface area contributed by atoms with Crippen molar-refractivity contribution in [1.82, 2.24) is 0 Å². The van der Waals surface area contributed by atoms with Crippen LogP contribution in [0.5, 0.6) is 0 Å². The van der Waals surface area contributed by atoms with Crippen LogP contribution in [0.1, 0.15) is 6.42 Å². The third-order valence-corrected chi connectivity index (χ3v) is 0.655. The molecule has 0 aromatic rings. The molecule has 0 nitrogen and oxygen atoms in total. The summed E-state index contributed by atoms with van der Waals surface area (Å²) in [6, 6.07) is 0. The summed E-state index contributed by atoms with van der Waals surface area (Å²) in [6.07, 6.45) is 11.0. The van der Waals surface area contributed by atoms with E-state index in [4.69, 9.17) is 0 Å². The van der Waals surface area contributed by atoms with Gasteiger partial charge in [0.25, 0.3) is 0 Å². The smallest absolute Gasteiger partial charge is 0 e. The van der Waals surface area contributed by atoms with Gasteiger partial charge in [-0.1, -0.05) is 24.3 Å². The van der Waals surface area contributed by atoms with Gasteiger partial charge in [0.05, 0.1) is 0 Å². The summed E-state index contributed by atoms with van der Waals surface area (Å²) in [5, 5.41) is 0. The zero-order valence-corrected chi connectivity index (χ0v) is 6.88. The van der Waals surface area contributed by atoms with Gasteiger partial charge in [-0.3, -0.25) is 0 Å². The summed E-state index contributed by atoms with van der Waals surface area (Å²) in [5.74, 6) is 0. The van der Waals surface area contributed by atoms with Crippen molar-refractivity contribution >= 4 is 0 Å². The fourth-order valence-electron chi connectivity index (χ4n) is 0.393. The van der Waals surface area contributed by atoms with Crippen LogP contribution in [0.3, 0.4) is 0 Å². The molecule has 0 fully saturated rings. The van der Waals surface area contributed by atoms with Crippen molar-refractivity contribution in [2.45, 2.75) is 6.42 Å². The summed E-state index contributed by atoms with van der Waals surface area (Å²) >= 11 is 0. The van der Waals surface area contributed by atoms with Crippen molar-refractivity contribution in [3.63, 3.8) is 0 Å². The second-order valence-electron chi connectivity index (χ2n) is 1.38. The Morgan fingerprint density at radius 3 is 1.78 bits per heavy atom. The molecule has 1 heteroatoms. The quantitative estimate of drug-likeness (QED) is 0.429. The van der Waals surface area contributed by atoms with Crippen LogP contribution in [0.2, 0.25) is 0 Å². The first-order valence-electron chi connectivity index (χ1n) is 2.63. The van der Waals surface area contributed by atoms with Crippen molar-refractivity contribution in [2.24, 2.45) is 0 Å². The van der Waals surface area contributed by atoms with Crippen molar-refractivity contribution in [3.05, 3.63) is 43.9 Å². The van der Waals surface area contributed by atoms with Crippen LogP contribution in [-0.2, 0) is 20.4 Å². The molecule has 0 aromatic heterocycles. The van der Waals surface area contributed by atoms with Gasteiger partial charge >= 0.3 is 0 Å². The van der Waals surface area contributed by atoms with E-state index < -0.39 is 0 Å². The minimum absolute atomic E-state index is 0. The van der Waals surface area contributed by atoms with E-state index in [1.165, 1.54) is 6.08 Å². The molecule has 0 heterocycles. The van der Waals surface area contributed by atoms with Crippen molar-refractivity contribution in [3.8, 4) is 0 Å². The van der Waals surface area contributed by atoms with Gasteiger partial charge in [-0.25, -0.2) is 19.6 Å². The van der Waals surface area contributed by atoms with E-state index in [1.54, 1.807) is 0 Å². The Morgan fingerprint density at radius 2 is 1.67 bits per heavy atom. The molecule has 0 atom stereocenters. The molecule has 0 saturated heterocycles. The minimum atomic E-state index is 0. The molecule has 0 aromatic carbocycles. The third kappa shape index (κ3) is 11.4. The first kappa shape index (κ1) is 11.5. The molecule has 1 rings (SSSR count). The Labute approximate surface area is 71.0 Å². The molecular weight excluding hydrogens is 203 g/mol. The molecule has 0 unspecified atom stereocenters. The van der Waals surface area contributed by atoms with Gasteiger partial charge in [-0.2, -0.15) is 0 Å². The van der Waals surface area contributed by atoms with Crippen LogP contribution in [-0.4, -0.2) is 0 Å². The molecule has 54 valence electrons. The molecule has 1 aliphatic carbocycles. The Morgan fingerprint density at radius 1 is 1.33 bits per heavy atom. The molecule has 0 N–H and O–H groups in total. The topological polar surface area (TPSA) is 0 Å². The molecule has 0 saturated carbocycles. The van der Waals surface area contributed by atoms with Gasteiger partial charge in [0, 0.05) is 20.4 Å². The monoisotopic (exact) mass is 213 g/mol. The van der Waals surface area contributed by atoms with Gasteiger partial charge in [0.1, 0.15) is 0 Å². The molecule has 1 aliphatic rings. The van der Waals surface area contributed by atoms with E-state index in [0.717, 1.165) is 6.42 Å². The number of rotatable bonds is 0. The Kier molecular flexibility index (Phi) is 13.7. The van der Waals surface area contributed by atoms with Gasteiger partial charge in [-0.15, -0.1) is 0 Å². The van der Waals surface area contributed by atoms with Gasteiger partial charge in [0.2, 0.25) is 0 Å². The maximum atomic E-state index is 3.25. The zero-order valence-electron chi connectivity index (χ0n) is 5.32. The third-order valence-electron chi connectivity index (χ3n) is 0.655. The molecule has 0 spiro atoms. The maximum absolute atomic E-state index is 3.25. The van der Waals surface area contributed by atoms with Gasteiger partial charge in [0.15, 0.2) is 0 Å². The predicted molar refractivity (Wildman–Crippen MR) is 38.5 cm³/mol. The van der Waals surface area contributed by atoms with E-state index in [2.05, 4.69) is 37.8 Å². The van der Waals surface area contributed by atoms with E-state index in [9.17, 15) is 0 Å². The molecule has 0 bridgehead atoms. The zero-order chi connectivity index (χ0) is 6.24. The average Bonchev–Trinajstić information content (AvgIpc) is 2.17. The number of hydrogen-bond donors (Lipinski definition) is 0. The van der Waals surface area contributed by atoms with Crippen LogP contribution in [0.25, 0.3) is 0 Å². The van der Waals surface area contributed by atoms with Crippen LogP contribution in [0, 0.1) is 6.92 Å². The molecule has 9 heavy (non-hydrogen) atoms. The van der Waals surface area contributed by atoms with E-state index >= 15 is 0 Å². The second-order valence-corrected chi connectivity index (χ2v) is 1.38. The summed E-state index contributed by atoms with van der Waals surface area (Å²) in [7, 11) is 0. The van der Waals surface area contributed by atoms with Gasteiger partial charge in [-0.05, 0) is 6.42 Å². The Hall–Kier alpha value is -0.248. The first-order chi connectivity index (χ1) is 3.91. The van der Waals surface area contributed by atoms with Crippen molar-refractivity contribution in [1.29, 1.82) is 0 Å². The summed E-state index contributed by atoms with van der Waals surface area (Å²) in [5.41, 5.74) is 0. The van der Waals surface area contributed by atoms with E-state index in [0.29, 0.717) is 0 Å². The Balaban J connectivity index is 0. The molecular formula is C8H11Pd-. The number of hydrogen-bond acceptors (Lipinski definition) is 0. The first-order valence-corrected chi connectivity index (χ1v) is 2.63. The average molecular weight is 214 g/mol. The SMILES string of the molecule is C1=CCC=C1.C=C[CH2-].[Pd]. The summed E-state index contributed by atoms with van der Waals surface area (Å²) in [4.78, 5) is 0. The fraction of sp³-hybridized carbons (Fsp3) is 0.125. The van der Waals surface area contributed by atoms with Gasteiger partial charge < -0.3 is 0 Å². The Bertz CT molecular complexity index is 91.1. The van der Waals surface area contributed by atoms with E-state index in [1.807, 2.05) is 0 Å². The normalized spacial score (nSPS) is 11.1. The minimum Gasteiger partial charge on any atom is -0.245 e. The standard InChI is InChI=1S/C5H6.C3H5.Pd/c1-2-4-5-3-1;1-3-2;/h1-4H,5H2;3H,1-2H2;/q;-1;. The van der Waals surface area contributed by atoms with Crippen LogP contribution in [0.4, 0.5) is 0 Å². The summed E-state index contributed by atoms with van der Waals surface area (Å²) < 4.78 is 0. The summed E-state index contributed by atoms with van der Waals surface area (Å²) in [6.45, 7) is 6.50. The van der Waals surface area contributed by atoms with E-state index in [-0.39, 0.29) is 20.4 Å². The molecule has 0 amide bonds. The number of allylic oxidation sites excluding steroid dienone is 5. The predicted octanol–water partition coefficient (Wildman–Crippen LogP) is 2.51. The van der Waals surface area contributed by atoms with Crippen LogP contribution >= 0.6 is 0 Å². The van der Waals surface area contributed by atoms with Crippen LogP contribution < -0.4 is 0 Å². The molecule has 0 aliphatic heterocycles. The largest absolute Gasteiger partial charge is 0.245 e. The van der Waals surface area contributed by atoms with Crippen molar-refractivity contribution in [2.75, 3.05) is 0 Å².